The lowest BCUT2D eigenvalue weighted by atomic mass is 10.2. The van der Waals surface area contributed by atoms with Crippen LogP contribution in [0.3, 0.4) is 0 Å². The first kappa shape index (κ1) is 8.31. The fourth-order valence-electron chi connectivity index (χ4n) is 1.20. The number of thiophene rings is 1. The molecule has 0 spiro atoms. The van der Waals surface area contributed by atoms with Crippen LogP contribution in [-0.2, 0) is 0 Å². The molecule has 0 amide bonds. The summed E-state index contributed by atoms with van der Waals surface area (Å²) in [5.74, 6) is 5.86. The van der Waals surface area contributed by atoms with Crippen molar-refractivity contribution in [2.75, 3.05) is 6.54 Å². The molecule has 1 heterocycles. The van der Waals surface area contributed by atoms with Gasteiger partial charge in [0.05, 0.1) is 6.54 Å². The van der Waals surface area contributed by atoms with E-state index < -0.39 is 0 Å². The second kappa shape index (κ2) is 3.61. The fraction of sp³-hybridized carbons (Fsp3) is 0.0909. The van der Waals surface area contributed by atoms with Gasteiger partial charge < -0.3 is 5.73 Å². The highest BCUT2D eigenvalue weighted by Gasteiger charge is 1.93. The van der Waals surface area contributed by atoms with Crippen molar-refractivity contribution >= 4 is 21.4 Å². The summed E-state index contributed by atoms with van der Waals surface area (Å²) in [6.07, 6.45) is 0. The maximum atomic E-state index is 5.30. The van der Waals surface area contributed by atoms with Crippen molar-refractivity contribution in [3.63, 3.8) is 0 Å². The number of nitrogens with two attached hydrogens (primary N) is 1. The van der Waals surface area contributed by atoms with E-state index in [1.54, 1.807) is 11.3 Å². The Kier molecular flexibility index (Phi) is 2.31. The van der Waals surface area contributed by atoms with Gasteiger partial charge in [-0.25, -0.2) is 0 Å². The monoisotopic (exact) mass is 187 g/mol. The van der Waals surface area contributed by atoms with E-state index in [1.807, 2.05) is 6.07 Å². The molecule has 1 aromatic heterocycles. The number of rotatable bonds is 0. The van der Waals surface area contributed by atoms with Crippen LogP contribution in [0.5, 0.6) is 0 Å². The predicted molar refractivity (Wildman–Crippen MR) is 57.8 cm³/mol. The zero-order valence-electron chi connectivity index (χ0n) is 7.08. The van der Waals surface area contributed by atoms with Crippen molar-refractivity contribution in [2.45, 2.75) is 0 Å². The Morgan fingerprint density at radius 2 is 2.23 bits per heavy atom. The van der Waals surface area contributed by atoms with Crippen molar-refractivity contribution in [2.24, 2.45) is 5.73 Å². The van der Waals surface area contributed by atoms with Gasteiger partial charge in [0.1, 0.15) is 0 Å². The van der Waals surface area contributed by atoms with Gasteiger partial charge in [-0.05, 0) is 35.0 Å². The highest BCUT2D eigenvalue weighted by Crippen LogP contribution is 2.21. The van der Waals surface area contributed by atoms with Gasteiger partial charge in [0.15, 0.2) is 0 Å². The lowest BCUT2D eigenvalue weighted by Gasteiger charge is -1.90. The fourth-order valence-corrected chi connectivity index (χ4v) is 1.97. The summed E-state index contributed by atoms with van der Waals surface area (Å²) in [7, 11) is 0. The summed E-state index contributed by atoms with van der Waals surface area (Å²) in [6, 6.07) is 8.32. The number of hydrogen-bond acceptors (Lipinski definition) is 2. The molecule has 0 unspecified atom stereocenters. The van der Waals surface area contributed by atoms with Gasteiger partial charge in [0, 0.05) is 10.3 Å². The van der Waals surface area contributed by atoms with E-state index >= 15 is 0 Å². The predicted octanol–water partition coefficient (Wildman–Crippen LogP) is 2.21. The van der Waals surface area contributed by atoms with E-state index in [2.05, 4.69) is 35.4 Å². The Balaban J connectivity index is 2.48. The Morgan fingerprint density at radius 3 is 3.08 bits per heavy atom. The van der Waals surface area contributed by atoms with Gasteiger partial charge in [0.25, 0.3) is 0 Å². The zero-order chi connectivity index (χ0) is 9.10. The Hall–Kier alpha value is -1.30. The normalized spacial score (nSPS) is 9.62. The van der Waals surface area contributed by atoms with E-state index in [4.69, 9.17) is 5.73 Å². The highest BCUT2D eigenvalue weighted by molar-refractivity contribution is 7.17. The maximum absolute atomic E-state index is 5.30. The first-order chi connectivity index (χ1) is 6.40. The minimum Gasteiger partial charge on any atom is -0.320 e. The number of fused-ring (bicyclic) bond motifs is 1. The molecule has 2 heteroatoms. The maximum Gasteiger partial charge on any atom is 0.0555 e. The Labute approximate surface area is 81.2 Å². The van der Waals surface area contributed by atoms with E-state index in [-0.39, 0.29) is 0 Å². The number of benzene rings is 1. The highest BCUT2D eigenvalue weighted by atomic mass is 32.1. The number of hydrogen-bond donors (Lipinski definition) is 1. The second-order valence-electron chi connectivity index (χ2n) is 2.68. The SMILES string of the molecule is NCC#Cc1ccc2sccc2c1. The van der Waals surface area contributed by atoms with Gasteiger partial charge in [-0.15, -0.1) is 11.3 Å². The molecule has 0 saturated carbocycles. The largest absolute Gasteiger partial charge is 0.320 e. The van der Waals surface area contributed by atoms with E-state index in [1.165, 1.54) is 10.1 Å². The van der Waals surface area contributed by atoms with Gasteiger partial charge in [-0.2, -0.15) is 0 Å². The molecule has 2 aromatic rings. The van der Waals surface area contributed by atoms with Gasteiger partial charge >= 0.3 is 0 Å². The summed E-state index contributed by atoms with van der Waals surface area (Å²) in [5, 5.41) is 3.35. The average molecular weight is 187 g/mol. The third-order valence-corrected chi connectivity index (χ3v) is 2.69. The molecule has 0 radical (unpaired) electrons. The van der Waals surface area contributed by atoms with Crippen LogP contribution in [0.4, 0.5) is 0 Å². The third kappa shape index (κ3) is 1.72. The van der Waals surface area contributed by atoms with E-state index in [0.29, 0.717) is 6.54 Å². The smallest absolute Gasteiger partial charge is 0.0555 e. The van der Waals surface area contributed by atoms with Gasteiger partial charge in [-0.1, -0.05) is 11.8 Å². The quantitative estimate of drug-likeness (QED) is 0.629. The van der Waals surface area contributed by atoms with Crippen molar-refractivity contribution in [3.05, 3.63) is 35.2 Å². The standard InChI is InChI=1S/C11H9NS/c12-6-1-2-9-3-4-11-10(8-9)5-7-13-11/h3-5,7-8H,6,12H2. The Bertz CT molecular complexity index is 473. The summed E-state index contributed by atoms with van der Waals surface area (Å²) < 4.78 is 1.30. The van der Waals surface area contributed by atoms with Crippen LogP contribution in [0.2, 0.25) is 0 Å². The minimum absolute atomic E-state index is 0.418. The summed E-state index contributed by atoms with van der Waals surface area (Å²) in [4.78, 5) is 0. The lowest BCUT2D eigenvalue weighted by molar-refractivity contribution is 1.30. The Morgan fingerprint density at radius 1 is 1.31 bits per heavy atom. The van der Waals surface area contributed by atoms with Crippen LogP contribution in [0, 0.1) is 11.8 Å². The molecule has 0 atom stereocenters. The molecule has 1 aromatic carbocycles. The molecule has 64 valence electrons. The van der Waals surface area contributed by atoms with Crippen LogP contribution in [0.25, 0.3) is 10.1 Å². The first-order valence-corrected chi connectivity index (χ1v) is 4.94. The molecule has 13 heavy (non-hydrogen) atoms. The van der Waals surface area contributed by atoms with Crippen molar-refractivity contribution in [3.8, 4) is 11.8 Å². The molecule has 2 N–H and O–H groups in total. The second-order valence-corrected chi connectivity index (χ2v) is 3.63. The summed E-state index contributed by atoms with van der Waals surface area (Å²) in [6.45, 7) is 0.418. The molecule has 0 bridgehead atoms. The summed E-state index contributed by atoms with van der Waals surface area (Å²) in [5.41, 5.74) is 6.34. The van der Waals surface area contributed by atoms with Crippen LogP contribution in [0.15, 0.2) is 29.6 Å². The summed E-state index contributed by atoms with van der Waals surface area (Å²) >= 11 is 1.75. The van der Waals surface area contributed by atoms with E-state index in [0.717, 1.165) is 5.56 Å². The van der Waals surface area contributed by atoms with Crippen LogP contribution in [-0.4, -0.2) is 6.54 Å². The minimum atomic E-state index is 0.418. The lowest BCUT2D eigenvalue weighted by Crippen LogP contribution is -1.92. The molecule has 0 aliphatic carbocycles. The van der Waals surface area contributed by atoms with E-state index in [9.17, 15) is 0 Å². The van der Waals surface area contributed by atoms with Gasteiger partial charge in [-0.3, -0.25) is 0 Å². The molecular formula is C11H9NS. The molecule has 2 rings (SSSR count). The van der Waals surface area contributed by atoms with Crippen molar-refractivity contribution in [1.82, 2.24) is 0 Å². The topological polar surface area (TPSA) is 26.0 Å². The first-order valence-electron chi connectivity index (χ1n) is 4.06. The van der Waals surface area contributed by atoms with Gasteiger partial charge in [0.2, 0.25) is 0 Å². The third-order valence-electron chi connectivity index (χ3n) is 1.79. The van der Waals surface area contributed by atoms with Crippen LogP contribution >= 0.6 is 11.3 Å². The molecular weight excluding hydrogens is 178 g/mol. The van der Waals surface area contributed by atoms with Crippen molar-refractivity contribution in [1.29, 1.82) is 0 Å². The average Bonchev–Trinajstić information content (AvgIpc) is 2.61. The van der Waals surface area contributed by atoms with Crippen molar-refractivity contribution < 1.29 is 0 Å². The van der Waals surface area contributed by atoms with Crippen LogP contribution in [0.1, 0.15) is 5.56 Å². The molecule has 0 fully saturated rings. The molecule has 0 aliphatic rings. The molecule has 0 saturated heterocycles. The molecule has 1 nitrogen and oxygen atoms in total. The zero-order valence-corrected chi connectivity index (χ0v) is 7.90. The van der Waals surface area contributed by atoms with Crippen LogP contribution < -0.4 is 5.73 Å². The molecule has 0 aliphatic heterocycles.